The van der Waals surface area contributed by atoms with Crippen molar-refractivity contribution in [1.82, 2.24) is 9.88 Å². The molecule has 1 aromatic rings. The summed E-state index contributed by atoms with van der Waals surface area (Å²) >= 11 is 0. The molecule has 3 rings (SSSR count). The Morgan fingerprint density at radius 1 is 1.47 bits per heavy atom. The summed E-state index contributed by atoms with van der Waals surface area (Å²) in [7, 11) is 0. The van der Waals surface area contributed by atoms with E-state index in [0.29, 0.717) is 0 Å². The zero-order valence-corrected chi connectivity index (χ0v) is 9.05. The molecule has 0 atom stereocenters. The van der Waals surface area contributed by atoms with Crippen LogP contribution in [0, 0.1) is 12.8 Å². The molecule has 0 spiro atoms. The Morgan fingerprint density at radius 2 is 2.27 bits per heavy atom. The van der Waals surface area contributed by atoms with Crippen LogP contribution in [0.1, 0.15) is 29.7 Å². The van der Waals surface area contributed by atoms with Crippen molar-refractivity contribution in [3.05, 3.63) is 33.2 Å². The normalized spacial score (nSPS) is 19.3. The molecule has 3 nitrogen and oxygen atoms in total. The monoisotopic (exact) mass is 204 g/mol. The summed E-state index contributed by atoms with van der Waals surface area (Å²) in [6, 6.07) is 1.79. The molecule has 1 aromatic heterocycles. The Kier molecular flexibility index (Phi) is 1.96. The molecule has 2 heterocycles. The minimum Gasteiger partial charge on any atom is -0.311 e. The van der Waals surface area contributed by atoms with E-state index in [1.54, 1.807) is 6.07 Å². The molecular formula is C12H16N2O. The van der Waals surface area contributed by atoms with E-state index in [1.807, 2.05) is 11.5 Å². The van der Waals surface area contributed by atoms with Gasteiger partial charge in [-0.1, -0.05) is 0 Å². The molecule has 0 bridgehead atoms. The molecule has 0 aromatic carbocycles. The van der Waals surface area contributed by atoms with Crippen LogP contribution in [0.3, 0.4) is 0 Å². The summed E-state index contributed by atoms with van der Waals surface area (Å²) in [6.45, 7) is 4.75. The number of hydrogen-bond acceptors (Lipinski definition) is 2. The molecule has 2 aliphatic rings. The van der Waals surface area contributed by atoms with E-state index in [4.69, 9.17) is 0 Å². The lowest BCUT2D eigenvalue weighted by molar-refractivity contribution is 0.576. The van der Waals surface area contributed by atoms with E-state index in [1.165, 1.54) is 24.1 Å². The zero-order chi connectivity index (χ0) is 10.4. The van der Waals surface area contributed by atoms with Gasteiger partial charge in [0.05, 0.1) is 0 Å². The average Bonchev–Trinajstić information content (AvgIpc) is 2.87. The largest absolute Gasteiger partial charge is 0.311 e. The van der Waals surface area contributed by atoms with Crippen LogP contribution < -0.4 is 10.9 Å². The minimum atomic E-state index is 0.182. The number of aromatic nitrogens is 1. The smallest absolute Gasteiger partial charge is 0.251 e. The van der Waals surface area contributed by atoms with Crippen LogP contribution >= 0.6 is 0 Å². The Bertz CT molecular complexity index is 457. The van der Waals surface area contributed by atoms with Gasteiger partial charge in [0.15, 0.2) is 0 Å². The highest BCUT2D eigenvalue weighted by molar-refractivity contribution is 5.32. The van der Waals surface area contributed by atoms with Crippen LogP contribution in [0.2, 0.25) is 0 Å². The maximum absolute atomic E-state index is 11.9. The molecule has 0 saturated heterocycles. The first-order valence-corrected chi connectivity index (χ1v) is 5.68. The third kappa shape index (κ3) is 1.51. The third-order valence-electron chi connectivity index (χ3n) is 3.49. The molecular weight excluding hydrogens is 188 g/mol. The summed E-state index contributed by atoms with van der Waals surface area (Å²) < 4.78 is 1.99. The van der Waals surface area contributed by atoms with E-state index < -0.39 is 0 Å². The Balaban J connectivity index is 2.11. The Labute approximate surface area is 89.1 Å². The summed E-state index contributed by atoms with van der Waals surface area (Å²) in [5, 5.41) is 3.33. The van der Waals surface area contributed by atoms with Crippen LogP contribution in [-0.4, -0.2) is 4.57 Å². The lowest BCUT2D eigenvalue weighted by atomic mass is 10.1. The molecule has 0 radical (unpaired) electrons. The molecule has 80 valence electrons. The standard InChI is InChI=1S/C12H16N2O/c1-8-4-12(15)14(7-9-2-3-9)11-6-13-5-10(8)11/h4,9,13H,2-3,5-7H2,1H3. The Morgan fingerprint density at radius 3 is 3.00 bits per heavy atom. The van der Waals surface area contributed by atoms with Gasteiger partial charge in [0.2, 0.25) is 0 Å². The molecule has 3 heteroatoms. The number of pyridine rings is 1. The maximum atomic E-state index is 11.9. The van der Waals surface area contributed by atoms with E-state index in [-0.39, 0.29) is 5.56 Å². The van der Waals surface area contributed by atoms with Gasteiger partial charge >= 0.3 is 0 Å². The van der Waals surface area contributed by atoms with Crippen LogP contribution in [-0.2, 0) is 19.6 Å². The number of nitrogens with one attached hydrogen (secondary N) is 1. The number of aryl methyl sites for hydroxylation is 1. The summed E-state index contributed by atoms with van der Waals surface area (Å²) in [4.78, 5) is 11.9. The zero-order valence-electron chi connectivity index (χ0n) is 9.05. The van der Waals surface area contributed by atoms with E-state index in [0.717, 1.165) is 31.1 Å². The van der Waals surface area contributed by atoms with Gasteiger partial charge in [-0.2, -0.15) is 0 Å². The third-order valence-corrected chi connectivity index (χ3v) is 3.49. The molecule has 1 saturated carbocycles. The van der Waals surface area contributed by atoms with Crippen molar-refractivity contribution in [3.63, 3.8) is 0 Å². The van der Waals surface area contributed by atoms with Gasteiger partial charge in [-0.3, -0.25) is 4.79 Å². The molecule has 1 aliphatic carbocycles. The molecule has 0 amide bonds. The van der Waals surface area contributed by atoms with Crippen molar-refractivity contribution in [3.8, 4) is 0 Å². The van der Waals surface area contributed by atoms with Crippen LogP contribution in [0.5, 0.6) is 0 Å². The van der Waals surface area contributed by atoms with Gasteiger partial charge in [0.25, 0.3) is 5.56 Å². The first-order valence-electron chi connectivity index (χ1n) is 5.68. The quantitative estimate of drug-likeness (QED) is 0.784. The van der Waals surface area contributed by atoms with Gasteiger partial charge < -0.3 is 9.88 Å². The number of rotatable bonds is 2. The van der Waals surface area contributed by atoms with Gasteiger partial charge in [-0.05, 0) is 36.8 Å². The maximum Gasteiger partial charge on any atom is 0.251 e. The molecule has 15 heavy (non-hydrogen) atoms. The second-order valence-electron chi connectivity index (χ2n) is 4.75. The highest BCUT2D eigenvalue weighted by Crippen LogP contribution is 2.31. The van der Waals surface area contributed by atoms with Gasteiger partial charge in [-0.15, -0.1) is 0 Å². The van der Waals surface area contributed by atoms with Crippen molar-refractivity contribution in [2.45, 2.75) is 39.4 Å². The Hall–Kier alpha value is -1.09. The fourth-order valence-electron chi connectivity index (χ4n) is 2.38. The SMILES string of the molecule is Cc1cc(=O)n(CC2CC2)c2c1CNC2. The number of nitrogens with zero attached hydrogens (tertiary/aromatic N) is 1. The van der Waals surface area contributed by atoms with Crippen molar-refractivity contribution in [1.29, 1.82) is 0 Å². The highest BCUT2D eigenvalue weighted by Gasteiger charge is 2.25. The first-order chi connectivity index (χ1) is 7.25. The number of fused-ring (bicyclic) bond motifs is 1. The van der Waals surface area contributed by atoms with Crippen LogP contribution in [0.4, 0.5) is 0 Å². The fraction of sp³-hybridized carbons (Fsp3) is 0.583. The summed E-state index contributed by atoms with van der Waals surface area (Å²) in [5.74, 6) is 0.759. The highest BCUT2D eigenvalue weighted by atomic mass is 16.1. The summed E-state index contributed by atoms with van der Waals surface area (Å²) in [5.41, 5.74) is 3.90. The summed E-state index contributed by atoms with van der Waals surface area (Å²) in [6.07, 6.45) is 2.59. The predicted molar refractivity (Wildman–Crippen MR) is 58.7 cm³/mol. The predicted octanol–water partition coefficient (Wildman–Crippen LogP) is 1.17. The fourth-order valence-corrected chi connectivity index (χ4v) is 2.38. The second-order valence-corrected chi connectivity index (χ2v) is 4.75. The first kappa shape index (κ1) is 9.16. The van der Waals surface area contributed by atoms with Gasteiger partial charge in [0.1, 0.15) is 0 Å². The van der Waals surface area contributed by atoms with E-state index in [9.17, 15) is 4.79 Å². The topological polar surface area (TPSA) is 34.0 Å². The van der Waals surface area contributed by atoms with Crippen molar-refractivity contribution in [2.75, 3.05) is 0 Å². The van der Waals surface area contributed by atoms with Crippen molar-refractivity contribution >= 4 is 0 Å². The molecule has 1 fully saturated rings. The average molecular weight is 204 g/mol. The second kappa shape index (κ2) is 3.20. The van der Waals surface area contributed by atoms with Crippen LogP contribution in [0.15, 0.2) is 10.9 Å². The minimum absolute atomic E-state index is 0.182. The van der Waals surface area contributed by atoms with Crippen LogP contribution in [0.25, 0.3) is 0 Å². The molecule has 1 aliphatic heterocycles. The lowest BCUT2D eigenvalue weighted by Crippen LogP contribution is -2.24. The van der Waals surface area contributed by atoms with E-state index >= 15 is 0 Å². The van der Waals surface area contributed by atoms with Gasteiger partial charge in [-0.25, -0.2) is 0 Å². The molecule has 1 N–H and O–H groups in total. The number of hydrogen-bond donors (Lipinski definition) is 1. The lowest BCUT2D eigenvalue weighted by Gasteiger charge is -2.12. The van der Waals surface area contributed by atoms with Crippen molar-refractivity contribution < 1.29 is 0 Å². The van der Waals surface area contributed by atoms with E-state index in [2.05, 4.69) is 5.32 Å². The van der Waals surface area contributed by atoms with Gasteiger partial charge in [0, 0.05) is 31.4 Å². The molecule has 0 unspecified atom stereocenters. The van der Waals surface area contributed by atoms with Crippen molar-refractivity contribution in [2.24, 2.45) is 5.92 Å².